The van der Waals surface area contributed by atoms with Crippen molar-refractivity contribution in [1.82, 2.24) is 10.4 Å². The predicted molar refractivity (Wildman–Crippen MR) is 173 cm³/mol. The monoisotopic (exact) mass is 605 g/mol. The normalized spacial score (nSPS) is 17.9. The molecule has 4 amide bonds. The van der Waals surface area contributed by atoms with Gasteiger partial charge >= 0.3 is 12.1 Å². The number of fused-ring (bicyclic) bond motifs is 1. The van der Waals surface area contributed by atoms with Crippen LogP contribution in [0.4, 0.5) is 26.7 Å². The standard InChI is InChI=1S/C34H47N5O5/c1-33(2,3)28(40)21-38-27-19-12-11-18-26(27)30(23-14-9-8-10-15-23)36-39(31(38)42)22-29(41)35-24-16-13-17-25(20-24)37(7)32(43)44-34(4,5)6/h11-13,16-20,23,30,36H,8-10,14-15,21-22H2,1-7H3,(H,35,41). The number of ether oxygens (including phenoxy) is 1. The average Bonchev–Trinajstić information content (AvgIpc) is 3.06. The Morgan fingerprint density at radius 3 is 2.30 bits per heavy atom. The summed E-state index contributed by atoms with van der Waals surface area (Å²) in [5.41, 5.74) is 4.79. The van der Waals surface area contributed by atoms with E-state index in [0.29, 0.717) is 17.1 Å². The number of urea groups is 1. The number of nitrogens with zero attached hydrogens (tertiary/aromatic N) is 3. The van der Waals surface area contributed by atoms with E-state index in [4.69, 9.17) is 4.74 Å². The maximum absolute atomic E-state index is 14.1. The molecule has 10 nitrogen and oxygen atoms in total. The number of hydrogen-bond donors (Lipinski definition) is 2. The van der Waals surface area contributed by atoms with Gasteiger partial charge in [-0.1, -0.05) is 64.3 Å². The molecule has 1 heterocycles. The number of carbonyl (C=O) groups excluding carboxylic acids is 4. The zero-order valence-corrected chi connectivity index (χ0v) is 27.1. The van der Waals surface area contributed by atoms with E-state index in [1.54, 1.807) is 52.1 Å². The summed E-state index contributed by atoms with van der Waals surface area (Å²) in [5.74, 6) is -0.216. The number of benzene rings is 2. The van der Waals surface area contributed by atoms with Gasteiger partial charge in [-0.2, -0.15) is 0 Å². The molecular formula is C34H47N5O5. The van der Waals surface area contributed by atoms with Gasteiger partial charge in [0.25, 0.3) is 0 Å². The van der Waals surface area contributed by atoms with Gasteiger partial charge in [0.15, 0.2) is 5.78 Å². The maximum atomic E-state index is 14.1. The van der Waals surface area contributed by atoms with Crippen LogP contribution in [0.3, 0.4) is 0 Å². The third-order valence-corrected chi connectivity index (χ3v) is 8.07. The number of carbonyl (C=O) groups is 4. The summed E-state index contributed by atoms with van der Waals surface area (Å²) in [6.07, 6.45) is 4.92. The Labute approximate surface area is 261 Å². The number of rotatable bonds is 7. The summed E-state index contributed by atoms with van der Waals surface area (Å²) in [6.45, 7) is 10.5. The smallest absolute Gasteiger partial charge is 0.414 e. The number of anilines is 3. The lowest BCUT2D eigenvalue weighted by Gasteiger charge is -2.33. The minimum atomic E-state index is -0.648. The Bertz CT molecular complexity index is 1370. The fourth-order valence-electron chi connectivity index (χ4n) is 5.58. The van der Waals surface area contributed by atoms with E-state index >= 15 is 0 Å². The second kappa shape index (κ2) is 13.4. The highest BCUT2D eigenvalue weighted by Gasteiger charge is 2.39. The lowest BCUT2D eigenvalue weighted by molar-refractivity contribution is -0.124. The highest BCUT2D eigenvalue weighted by molar-refractivity contribution is 6.03. The Kier molecular flexibility index (Phi) is 10.0. The van der Waals surface area contributed by atoms with E-state index in [1.807, 2.05) is 45.0 Å². The summed E-state index contributed by atoms with van der Waals surface area (Å²) >= 11 is 0. The summed E-state index contributed by atoms with van der Waals surface area (Å²) in [6, 6.07) is 14.0. The molecule has 2 aromatic carbocycles. The van der Waals surface area contributed by atoms with Crippen LogP contribution in [0.1, 0.15) is 85.3 Å². The second-order valence-corrected chi connectivity index (χ2v) is 13.8. The van der Waals surface area contributed by atoms with Gasteiger partial charge in [-0.15, -0.1) is 0 Å². The molecule has 0 saturated heterocycles. The van der Waals surface area contributed by atoms with E-state index in [2.05, 4.69) is 10.7 Å². The van der Waals surface area contributed by atoms with Crippen LogP contribution in [0.5, 0.6) is 0 Å². The number of hydrazine groups is 1. The summed E-state index contributed by atoms with van der Waals surface area (Å²) in [4.78, 5) is 56.2. The third kappa shape index (κ3) is 8.16. The van der Waals surface area contributed by atoms with Crippen molar-refractivity contribution in [1.29, 1.82) is 0 Å². The van der Waals surface area contributed by atoms with E-state index in [0.717, 1.165) is 31.2 Å². The maximum Gasteiger partial charge on any atom is 0.414 e. The van der Waals surface area contributed by atoms with E-state index < -0.39 is 29.0 Å². The third-order valence-electron chi connectivity index (χ3n) is 8.07. The van der Waals surface area contributed by atoms with E-state index in [9.17, 15) is 19.2 Å². The van der Waals surface area contributed by atoms with Crippen LogP contribution < -0.4 is 20.5 Å². The molecule has 0 spiro atoms. The number of para-hydroxylation sites is 1. The Balaban J connectivity index is 1.59. The molecule has 2 aliphatic rings. The summed E-state index contributed by atoms with van der Waals surface area (Å²) in [5, 5.41) is 4.22. The quantitative estimate of drug-likeness (QED) is 0.364. The van der Waals surface area contributed by atoms with Crippen LogP contribution in [0.25, 0.3) is 0 Å². The van der Waals surface area contributed by atoms with Crippen molar-refractivity contribution in [2.45, 2.75) is 85.3 Å². The Morgan fingerprint density at radius 1 is 0.955 bits per heavy atom. The second-order valence-electron chi connectivity index (χ2n) is 13.8. The molecule has 1 aliphatic carbocycles. The molecule has 10 heteroatoms. The van der Waals surface area contributed by atoms with E-state index in [1.165, 1.54) is 21.2 Å². The molecular weight excluding hydrogens is 558 g/mol. The van der Waals surface area contributed by atoms with Gasteiger partial charge in [0, 0.05) is 23.8 Å². The van der Waals surface area contributed by atoms with Crippen LogP contribution in [-0.2, 0) is 14.3 Å². The molecule has 1 fully saturated rings. The molecule has 0 radical (unpaired) electrons. The van der Waals surface area contributed by atoms with Gasteiger partial charge < -0.3 is 10.1 Å². The van der Waals surface area contributed by atoms with Gasteiger partial charge in [0.1, 0.15) is 12.1 Å². The molecule has 1 atom stereocenters. The van der Waals surface area contributed by atoms with Crippen molar-refractivity contribution in [3.8, 4) is 0 Å². The van der Waals surface area contributed by atoms with Crippen molar-refractivity contribution in [2.24, 2.45) is 11.3 Å². The van der Waals surface area contributed by atoms with E-state index in [-0.39, 0.29) is 30.8 Å². The summed E-state index contributed by atoms with van der Waals surface area (Å²) < 4.78 is 5.46. The molecule has 1 aliphatic heterocycles. The van der Waals surface area contributed by atoms with Crippen LogP contribution in [0.15, 0.2) is 48.5 Å². The van der Waals surface area contributed by atoms with Crippen LogP contribution >= 0.6 is 0 Å². The first kappa shape index (κ1) is 33.0. The van der Waals surface area contributed by atoms with Crippen LogP contribution in [-0.4, -0.2) is 54.6 Å². The van der Waals surface area contributed by atoms with Crippen molar-refractivity contribution >= 4 is 40.9 Å². The SMILES string of the molecule is CN(C(=O)OC(C)(C)C)c1cccc(NC(=O)CN2NC(C3CCCCC3)c3ccccc3N(CC(=O)C(C)(C)C)C2=O)c1. The lowest BCUT2D eigenvalue weighted by Crippen LogP contribution is -2.54. The molecule has 0 aromatic heterocycles. The first-order valence-corrected chi connectivity index (χ1v) is 15.5. The summed E-state index contributed by atoms with van der Waals surface area (Å²) in [7, 11) is 1.60. The molecule has 1 saturated carbocycles. The fraction of sp³-hybridized carbons (Fsp3) is 0.529. The van der Waals surface area contributed by atoms with Crippen molar-refractivity contribution in [3.05, 3.63) is 54.1 Å². The van der Waals surface area contributed by atoms with Gasteiger partial charge in [0.2, 0.25) is 5.91 Å². The predicted octanol–water partition coefficient (Wildman–Crippen LogP) is 6.68. The fourth-order valence-corrected chi connectivity index (χ4v) is 5.58. The number of nitrogens with one attached hydrogen (secondary N) is 2. The van der Waals surface area contributed by atoms with Gasteiger partial charge in [0.05, 0.1) is 18.3 Å². The molecule has 1 unspecified atom stereocenters. The highest BCUT2D eigenvalue weighted by Crippen LogP contribution is 2.40. The van der Waals surface area contributed by atoms with Crippen molar-refractivity contribution in [3.63, 3.8) is 0 Å². The first-order chi connectivity index (χ1) is 20.6. The molecule has 0 bridgehead atoms. The topological polar surface area (TPSA) is 111 Å². The molecule has 4 rings (SSSR count). The zero-order valence-electron chi connectivity index (χ0n) is 27.1. The highest BCUT2D eigenvalue weighted by atomic mass is 16.6. The van der Waals surface area contributed by atoms with Gasteiger partial charge in [-0.05, 0) is 69.4 Å². The van der Waals surface area contributed by atoms with Gasteiger partial charge in [-0.3, -0.25) is 19.4 Å². The number of hydrogen-bond acceptors (Lipinski definition) is 6. The lowest BCUT2D eigenvalue weighted by atomic mass is 9.81. The minimum absolute atomic E-state index is 0.0768. The van der Waals surface area contributed by atoms with Crippen LogP contribution in [0.2, 0.25) is 0 Å². The number of ketones is 1. The van der Waals surface area contributed by atoms with Gasteiger partial charge in [-0.25, -0.2) is 20.0 Å². The molecule has 2 N–H and O–H groups in total. The van der Waals surface area contributed by atoms with Crippen LogP contribution in [0, 0.1) is 11.3 Å². The number of amides is 4. The van der Waals surface area contributed by atoms with Crippen molar-refractivity contribution < 1.29 is 23.9 Å². The minimum Gasteiger partial charge on any atom is -0.443 e. The largest absolute Gasteiger partial charge is 0.443 e. The zero-order chi connectivity index (χ0) is 32.2. The Hall–Kier alpha value is -3.92. The average molecular weight is 606 g/mol. The molecule has 238 valence electrons. The Morgan fingerprint density at radius 2 is 1.64 bits per heavy atom. The first-order valence-electron chi connectivity index (χ1n) is 15.5. The molecule has 44 heavy (non-hydrogen) atoms. The van der Waals surface area contributed by atoms with Crippen molar-refractivity contribution in [2.75, 3.05) is 35.3 Å². The number of Topliss-reactive ketones (excluding diaryl/α,β-unsaturated/α-hetero) is 1. The molecule has 2 aromatic rings.